The molecule has 6 heteroatoms. The molecule has 0 aromatic heterocycles. The fraction of sp³-hybridized carbons (Fsp3) is 0.533. The Kier molecular flexibility index (Phi) is 5.55. The van der Waals surface area contributed by atoms with Crippen molar-refractivity contribution in [1.29, 1.82) is 0 Å². The maximum absolute atomic E-state index is 12.1. The zero-order valence-corrected chi connectivity index (χ0v) is 12.8. The summed E-state index contributed by atoms with van der Waals surface area (Å²) in [5.74, 6) is 0.519. The number of ether oxygens (including phenoxy) is 2. The van der Waals surface area contributed by atoms with Gasteiger partial charge in [-0.15, -0.1) is 0 Å². The van der Waals surface area contributed by atoms with E-state index in [9.17, 15) is 4.79 Å². The molecule has 2 rings (SSSR count). The topological polar surface area (TPSA) is 51.2 Å². The lowest BCUT2D eigenvalue weighted by atomic mass is 10.1. The van der Waals surface area contributed by atoms with Crippen LogP contribution in [0.1, 0.15) is 15.9 Å². The first-order chi connectivity index (χ1) is 10.2. The molecular formula is C15H22N2O4. The zero-order valence-electron chi connectivity index (χ0n) is 12.8. The summed E-state index contributed by atoms with van der Waals surface area (Å²) in [6.45, 7) is 4.14. The SMILES string of the molecule is COc1cc(C(=O)N(C)OC)ccc1CN1CCOCC1. The van der Waals surface area contributed by atoms with Crippen LogP contribution in [0.2, 0.25) is 0 Å². The molecular weight excluding hydrogens is 272 g/mol. The van der Waals surface area contributed by atoms with Gasteiger partial charge in [-0.05, 0) is 12.1 Å². The Morgan fingerprint density at radius 1 is 1.33 bits per heavy atom. The van der Waals surface area contributed by atoms with E-state index >= 15 is 0 Å². The van der Waals surface area contributed by atoms with E-state index in [4.69, 9.17) is 14.3 Å². The zero-order chi connectivity index (χ0) is 15.2. The van der Waals surface area contributed by atoms with Crippen molar-refractivity contribution in [2.24, 2.45) is 0 Å². The highest BCUT2D eigenvalue weighted by atomic mass is 16.7. The van der Waals surface area contributed by atoms with Crippen molar-refractivity contribution in [3.8, 4) is 5.75 Å². The number of carbonyl (C=O) groups excluding carboxylic acids is 1. The first kappa shape index (κ1) is 15.8. The quantitative estimate of drug-likeness (QED) is 0.763. The number of benzene rings is 1. The van der Waals surface area contributed by atoms with Crippen molar-refractivity contribution in [3.63, 3.8) is 0 Å². The molecule has 0 atom stereocenters. The summed E-state index contributed by atoms with van der Waals surface area (Å²) >= 11 is 0. The summed E-state index contributed by atoms with van der Waals surface area (Å²) in [6.07, 6.45) is 0. The lowest BCUT2D eigenvalue weighted by Gasteiger charge is -2.27. The molecule has 6 nitrogen and oxygen atoms in total. The fourth-order valence-electron chi connectivity index (χ4n) is 2.27. The Balaban J connectivity index is 2.14. The molecule has 0 saturated carbocycles. The van der Waals surface area contributed by atoms with Crippen molar-refractivity contribution in [2.75, 3.05) is 47.6 Å². The second-order valence-corrected chi connectivity index (χ2v) is 4.90. The largest absolute Gasteiger partial charge is 0.496 e. The van der Waals surface area contributed by atoms with Crippen molar-refractivity contribution >= 4 is 5.91 Å². The van der Waals surface area contributed by atoms with Gasteiger partial charge >= 0.3 is 0 Å². The minimum absolute atomic E-state index is 0.200. The van der Waals surface area contributed by atoms with Crippen molar-refractivity contribution in [3.05, 3.63) is 29.3 Å². The minimum atomic E-state index is -0.200. The molecule has 1 saturated heterocycles. The molecule has 116 valence electrons. The third-order valence-electron chi connectivity index (χ3n) is 3.59. The maximum Gasteiger partial charge on any atom is 0.277 e. The summed E-state index contributed by atoms with van der Waals surface area (Å²) in [4.78, 5) is 19.3. The van der Waals surface area contributed by atoms with Crippen molar-refractivity contribution in [1.82, 2.24) is 9.96 Å². The van der Waals surface area contributed by atoms with E-state index in [-0.39, 0.29) is 5.91 Å². The van der Waals surface area contributed by atoms with Gasteiger partial charge in [-0.3, -0.25) is 14.5 Å². The van der Waals surface area contributed by atoms with Gasteiger partial charge in [0.15, 0.2) is 0 Å². The molecule has 1 aromatic carbocycles. The van der Waals surface area contributed by atoms with Crippen LogP contribution in [0.3, 0.4) is 0 Å². The number of rotatable bonds is 5. The Hall–Kier alpha value is -1.63. The van der Waals surface area contributed by atoms with Crippen molar-refractivity contribution < 1.29 is 19.1 Å². The van der Waals surface area contributed by atoms with Gasteiger partial charge in [0.05, 0.1) is 27.4 Å². The first-order valence-electron chi connectivity index (χ1n) is 6.95. The van der Waals surface area contributed by atoms with Crippen LogP contribution in [-0.4, -0.2) is 63.4 Å². The summed E-state index contributed by atoms with van der Waals surface area (Å²) in [5.41, 5.74) is 1.61. The van der Waals surface area contributed by atoms with E-state index < -0.39 is 0 Å². The number of hydroxylamine groups is 2. The molecule has 0 N–H and O–H groups in total. The first-order valence-corrected chi connectivity index (χ1v) is 6.95. The van der Waals surface area contributed by atoms with Gasteiger partial charge in [0.25, 0.3) is 5.91 Å². The van der Waals surface area contributed by atoms with Crippen LogP contribution >= 0.6 is 0 Å². The van der Waals surface area contributed by atoms with Gasteiger partial charge in [0.1, 0.15) is 5.75 Å². The maximum atomic E-state index is 12.1. The normalized spacial score (nSPS) is 15.8. The van der Waals surface area contributed by atoms with Crippen molar-refractivity contribution in [2.45, 2.75) is 6.54 Å². The van der Waals surface area contributed by atoms with Crippen LogP contribution in [0.4, 0.5) is 0 Å². The minimum Gasteiger partial charge on any atom is -0.496 e. The van der Waals surface area contributed by atoms with Crippen LogP contribution in [0, 0.1) is 0 Å². The molecule has 0 radical (unpaired) electrons. The molecule has 1 aliphatic rings. The molecule has 0 spiro atoms. The average Bonchev–Trinajstić information content (AvgIpc) is 2.54. The molecule has 1 fully saturated rings. The summed E-state index contributed by atoms with van der Waals surface area (Å²) < 4.78 is 10.8. The molecule has 1 aliphatic heterocycles. The molecule has 1 aromatic rings. The molecule has 1 heterocycles. The third kappa shape index (κ3) is 3.93. The molecule has 0 unspecified atom stereocenters. The molecule has 0 aliphatic carbocycles. The van der Waals surface area contributed by atoms with Crippen LogP contribution in [-0.2, 0) is 16.1 Å². The highest BCUT2D eigenvalue weighted by molar-refractivity contribution is 5.93. The summed E-state index contributed by atoms with van der Waals surface area (Å²) in [7, 11) is 4.66. The smallest absolute Gasteiger partial charge is 0.277 e. The predicted molar refractivity (Wildman–Crippen MR) is 78.2 cm³/mol. The number of methoxy groups -OCH3 is 1. The number of carbonyl (C=O) groups is 1. The van der Waals surface area contributed by atoms with E-state index in [0.29, 0.717) is 5.56 Å². The second-order valence-electron chi connectivity index (χ2n) is 4.90. The molecule has 0 bridgehead atoms. The van der Waals surface area contributed by atoms with E-state index in [1.165, 1.54) is 12.2 Å². The predicted octanol–water partition coefficient (Wildman–Crippen LogP) is 1.16. The van der Waals surface area contributed by atoms with Crippen LogP contribution in [0.15, 0.2) is 18.2 Å². The van der Waals surface area contributed by atoms with Gasteiger partial charge in [-0.1, -0.05) is 6.07 Å². The van der Waals surface area contributed by atoms with Gasteiger partial charge in [-0.25, -0.2) is 5.06 Å². The van der Waals surface area contributed by atoms with Gasteiger partial charge in [-0.2, -0.15) is 0 Å². The monoisotopic (exact) mass is 294 g/mol. The summed E-state index contributed by atoms with van der Waals surface area (Å²) in [5, 5.41) is 1.19. The highest BCUT2D eigenvalue weighted by Crippen LogP contribution is 2.23. The fourth-order valence-corrected chi connectivity index (χ4v) is 2.27. The number of hydrogen-bond acceptors (Lipinski definition) is 5. The lowest BCUT2D eigenvalue weighted by Crippen LogP contribution is -2.35. The Labute approximate surface area is 125 Å². The standard InChI is InChI=1S/C15H22N2O4/c1-16(20-3)15(18)12-4-5-13(14(10-12)19-2)11-17-6-8-21-9-7-17/h4-5,10H,6-9,11H2,1-3H3. The van der Waals surface area contributed by atoms with E-state index in [1.54, 1.807) is 26.3 Å². The number of amides is 1. The van der Waals surface area contributed by atoms with Crippen LogP contribution in [0.25, 0.3) is 0 Å². The van der Waals surface area contributed by atoms with E-state index in [1.807, 2.05) is 6.07 Å². The van der Waals surface area contributed by atoms with Crippen LogP contribution in [0.5, 0.6) is 5.75 Å². The van der Waals surface area contributed by atoms with Crippen LogP contribution < -0.4 is 4.74 Å². The van der Waals surface area contributed by atoms with Gasteiger partial charge in [0.2, 0.25) is 0 Å². The van der Waals surface area contributed by atoms with E-state index in [0.717, 1.165) is 44.2 Å². The Morgan fingerprint density at radius 2 is 2.05 bits per heavy atom. The lowest BCUT2D eigenvalue weighted by molar-refractivity contribution is -0.0757. The third-order valence-corrected chi connectivity index (χ3v) is 3.59. The van der Waals surface area contributed by atoms with E-state index in [2.05, 4.69) is 4.90 Å². The molecule has 21 heavy (non-hydrogen) atoms. The average molecular weight is 294 g/mol. The van der Waals surface area contributed by atoms with Gasteiger partial charge < -0.3 is 9.47 Å². The second kappa shape index (κ2) is 7.40. The number of hydrogen-bond donors (Lipinski definition) is 0. The number of nitrogens with zero attached hydrogens (tertiary/aromatic N) is 2. The summed E-state index contributed by atoms with van der Waals surface area (Å²) in [6, 6.07) is 5.49. The Bertz CT molecular complexity index is 487. The van der Waals surface area contributed by atoms with Gasteiger partial charge in [0, 0.05) is 37.8 Å². The molecule has 1 amide bonds. The highest BCUT2D eigenvalue weighted by Gasteiger charge is 2.17. The Morgan fingerprint density at radius 3 is 2.67 bits per heavy atom. The number of morpholine rings is 1.